The zero-order valence-electron chi connectivity index (χ0n) is 13.4. The second-order valence-electron chi connectivity index (χ2n) is 6.43. The van der Waals surface area contributed by atoms with Crippen LogP contribution in [-0.2, 0) is 17.8 Å². The number of amides is 1. The number of hydrogen-bond donors (Lipinski definition) is 2. The van der Waals surface area contributed by atoms with Gasteiger partial charge < -0.3 is 20.3 Å². The van der Waals surface area contributed by atoms with E-state index in [0.29, 0.717) is 12.1 Å². The second kappa shape index (κ2) is 6.12. The number of pyridine rings is 1. The van der Waals surface area contributed by atoms with Crippen molar-refractivity contribution < 1.29 is 9.53 Å². The highest BCUT2D eigenvalue weighted by Crippen LogP contribution is 2.33. The number of rotatable bonds is 3. The Kier molecular flexibility index (Phi) is 4.20. The Morgan fingerprint density at radius 3 is 3.09 bits per heavy atom. The van der Waals surface area contributed by atoms with Crippen LogP contribution in [0.5, 0.6) is 0 Å². The Hall–Kier alpha value is -1.82. The fraction of sp³-hybridized carbons (Fsp3) is 0.625. The van der Waals surface area contributed by atoms with Crippen molar-refractivity contribution in [3.8, 4) is 0 Å². The Morgan fingerprint density at radius 1 is 1.50 bits per heavy atom. The molecule has 1 amide bonds. The maximum absolute atomic E-state index is 11.6. The van der Waals surface area contributed by atoms with Gasteiger partial charge in [0.15, 0.2) is 0 Å². The highest BCUT2D eigenvalue weighted by molar-refractivity contribution is 5.67. The summed E-state index contributed by atoms with van der Waals surface area (Å²) in [7, 11) is 0. The Morgan fingerprint density at radius 2 is 2.32 bits per heavy atom. The molecule has 0 aromatic carbocycles. The normalized spacial score (nSPS) is 23.2. The van der Waals surface area contributed by atoms with Crippen molar-refractivity contribution in [2.24, 2.45) is 0 Å². The van der Waals surface area contributed by atoms with E-state index in [9.17, 15) is 4.79 Å². The number of nitrogens with zero attached hydrogens (tertiary/aromatic N) is 2. The van der Waals surface area contributed by atoms with E-state index in [1.165, 1.54) is 5.56 Å². The van der Waals surface area contributed by atoms with E-state index < -0.39 is 6.09 Å². The first kappa shape index (κ1) is 15.1. The van der Waals surface area contributed by atoms with Gasteiger partial charge in [0.25, 0.3) is 0 Å². The summed E-state index contributed by atoms with van der Waals surface area (Å²) < 4.78 is 5.22. The molecule has 1 aromatic heterocycles. The lowest BCUT2D eigenvalue weighted by Gasteiger charge is -2.37. The standard InChI is InChI=1S/C16H24N4O2/c1-10(2)18-16(21)22-9-13-5-4-12-6-14-8-17-7-11(3)20(14)15(12)19-13/h4-5,10-11,14,17H,6-9H2,1-3H3,(H,18,21)/t11-,14-/m1/s1. The second-order valence-corrected chi connectivity index (χ2v) is 6.43. The van der Waals surface area contributed by atoms with Gasteiger partial charge in [-0.3, -0.25) is 0 Å². The minimum absolute atomic E-state index is 0.0722. The molecule has 1 saturated heterocycles. The lowest BCUT2D eigenvalue weighted by molar-refractivity contribution is 0.136. The Bertz CT molecular complexity index is 561. The lowest BCUT2D eigenvalue weighted by atomic mass is 10.1. The van der Waals surface area contributed by atoms with Crippen LogP contribution in [0.25, 0.3) is 0 Å². The number of alkyl carbamates (subject to hydrolysis) is 1. The third kappa shape index (κ3) is 3.02. The summed E-state index contributed by atoms with van der Waals surface area (Å²) in [6, 6.07) is 5.08. The van der Waals surface area contributed by atoms with E-state index in [-0.39, 0.29) is 12.6 Å². The monoisotopic (exact) mass is 304 g/mol. The molecule has 0 radical (unpaired) electrons. The summed E-state index contributed by atoms with van der Waals surface area (Å²) in [5, 5.41) is 6.18. The summed E-state index contributed by atoms with van der Waals surface area (Å²) in [6.07, 6.45) is 0.639. The minimum Gasteiger partial charge on any atom is -0.443 e. The van der Waals surface area contributed by atoms with Crippen molar-refractivity contribution in [1.82, 2.24) is 15.6 Å². The van der Waals surface area contributed by atoms with Crippen molar-refractivity contribution in [3.05, 3.63) is 23.4 Å². The molecular formula is C16H24N4O2. The molecule has 6 heteroatoms. The number of fused-ring (bicyclic) bond motifs is 3. The van der Waals surface area contributed by atoms with Gasteiger partial charge in [0.2, 0.25) is 0 Å². The van der Waals surface area contributed by atoms with Crippen LogP contribution < -0.4 is 15.5 Å². The first-order valence-electron chi connectivity index (χ1n) is 7.95. The fourth-order valence-electron chi connectivity index (χ4n) is 3.22. The van der Waals surface area contributed by atoms with E-state index in [4.69, 9.17) is 9.72 Å². The van der Waals surface area contributed by atoms with Crippen LogP contribution in [0.15, 0.2) is 12.1 Å². The molecule has 0 aliphatic carbocycles. The summed E-state index contributed by atoms with van der Waals surface area (Å²) in [6.45, 7) is 8.21. The van der Waals surface area contributed by atoms with Crippen LogP contribution in [0.3, 0.4) is 0 Å². The molecule has 0 unspecified atom stereocenters. The number of ether oxygens (including phenoxy) is 1. The van der Waals surface area contributed by atoms with Gasteiger partial charge in [-0.1, -0.05) is 6.07 Å². The smallest absolute Gasteiger partial charge is 0.407 e. The first-order valence-corrected chi connectivity index (χ1v) is 7.95. The average molecular weight is 304 g/mol. The van der Waals surface area contributed by atoms with Gasteiger partial charge in [-0.2, -0.15) is 0 Å². The predicted molar refractivity (Wildman–Crippen MR) is 85.0 cm³/mol. The number of piperazine rings is 1. The number of nitrogens with one attached hydrogen (secondary N) is 2. The predicted octanol–water partition coefficient (Wildman–Crippen LogP) is 1.44. The maximum atomic E-state index is 11.6. The van der Waals surface area contributed by atoms with Gasteiger partial charge in [0, 0.05) is 31.2 Å². The van der Waals surface area contributed by atoms with Crippen LogP contribution in [0.4, 0.5) is 10.6 Å². The molecule has 3 rings (SSSR count). The van der Waals surface area contributed by atoms with Crippen molar-refractivity contribution in [2.45, 2.75) is 51.9 Å². The van der Waals surface area contributed by atoms with Crippen LogP contribution in [0, 0.1) is 0 Å². The summed E-state index contributed by atoms with van der Waals surface area (Å²) >= 11 is 0. The molecule has 0 saturated carbocycles. The molecule has 3 heterocycles. The van der Waals surface area contributed by atoms with Crippen LogP contribution >= 0.6 is 0 Å². The molecule has 6 nitrogen and oxygen atoms in total. The van der Waals surface area contributed by atoms with E-state index in [1.807, 2.05) is 19.9 Å². The Labute approximate surface area is 131 Å². The van der Waals surface area contributed by atoms with Crippen molar-refractivity contribution in [2.75, 3.05) is 18.0 Å². The van der Waals surface area contributed by atoms with E-state index in [2.05, 4.69) is 28.5 Å². The van der Waals surface area contributed by atoms with Crippen molar-refractivity contribution in [3.63, 3.8) is 0 Å². The molecule has 2 aliphatic rings. The van der Waals surface area contributed by atoms with Crippen molar-refractivity contribution in [1.29, 1.82) is 0 Å². The number of aromatic nitrogens is 1. The molecule has 120 valence electrons. The third-order valence-corrected chi connectivity index (χ3v) is 4.16. The van der Waals surface area contributed by atoms with Gasteiger partial charge in [-0.25, -0.2) is 9.78 Å². The van der Waals surface area contributed by atoms with Gasteiger partial charge in [0.1, 0.15) is 12.4 Å². The molecule has 0 bridgehead atoms. The number of carbonyl (C=O) groups excluding carboxylic acids is 1. The molecule has 1 aromatic rings. The SMILES string of the molecule is CC(C)NC(=O)OCc1ccc2c(n1)N1[C@@H](CNC[C@H]1C)C2. The fourth-order valence-corrected chi connectivity index (χ4v) is 3.22. The zero-order valence-corrected chi connectivity index (χ0v) is 13.4. The van der Waals surface area contributed by atoms with Gasteiger partial charge >= 0.3 is 6.09 Å². The first-order chi connectivity index (χ1) is 10.5. The molecule has 2 aliphatic heterocycles. The topological polar surface area (TPSA) is 66.5 Å². The Balaban J connectivity index is 1.69. The summed E-state index contributed by atoms with van der Waals surface area (Å²) in [4.78, 5) is 18.7. The molecule has 22 heavy (non-hydrogen) atoms. The average Bonchev–Trinajstić information content (AvgIpc) is 2.83. The summed E-state index contributed by atoms with van der Waals surface area (Å²) in [5.41, 5.74) is 2.08. The highest BCUT2D eigenvalue weighted by Gasteiger charge is 2.36. The molecule has 2 atom stereocenters. The third-order valence-electron chi connectivity index (χ3n) is 4.16. The quantitative estimate of drug-likeness (QED) is 0.884. The van der Waals surface area contributed by atoms with Crippen LogP contribution in [0.2, 0.25) is 0 Å². The molecule has 1 fully saturated rings. The number of hydrogen-bond acceptors (Lipinski definition) is 5. The van der Waals surface area contributed by atoms with E-state index in [1.54, 1.807) is 0 Å². The summed E-state index contributed by atoms with van der Waals surface area (Å²) in [5.74, 6) is 1.06. The van der Waals surface area contributed by atoms with Crippen LogP contribution in [-0.4, -0.2) is 42.3 Å². The van der Waals surface area contributed by atoms with E-state index >= 15 is 0 Å². The van der Waals surface area contributed by atoms with Crippen molar-refractivity contribution >= 4 is 11.9 Å². The largest absolute Gasteiger partial charge is 0.443 e. The molecule has 0 spiro atoms. The minimum atomic E-state index is -0.397. The molecular weight excluding hydrogens is 280 g/mol. The lowest BCUT2D eigenvalue weighted by Crippen LogP contribution is -2.55. The van der Waals surface area contributed by atoms with Crippen LogP contribution in [0.1, 0.15) is 32.0 Å². The van der Waals surface area contributed by atoms with E-state index in [0.717, 1.165) is 31.0 Å². The highest BCUT2D eigenvalue weighted by atomic mass is 16.5. The molecule has 2 N–H and O–H groups in total. The van der Waals surface area contributed by atoms with Gasteiger partial charge in [-0.05, 0) is 38.8 Å². The zero-order chi connectivity index (χ0) is 15.7. The van der Waals surface area contributed by atoms with Gasteiger partial charge in [0.05, 0.1) is 5.69 Å². The van der Waals surface area contributed by atoms with Gasteiger partial charge in [-0.15, -0.1) is 0 Å². The number of anilines is 1. The number of carbonyl (C=O) groups is 1. The maximum Gasteiger partial charge on any atom is 0.407 e.